The smallest absolute Gasteiger partial charge is 0.000791 e. The van der Waals surface area contributed by atoms with E-state index in [0.717, 1.165) is 19.0 Å². The van der Waals surface area contributed by atoms with Crippen LogP contribution in [0.1, 0.15) is 59.3 Å². The van der Waals surface area contributed by atoms with Gasteiger partial charge in [0, 0.05) is 6.54 Å². The highest BCUT2D eigenvalue weighted by atomic mass is 14.9. The summed E-state index contributed by atoms with van der Waals surface area (Å²) in [5.41, 5.74) is 6.25. The summed E-state index contributed by atoms with van der Waals surface area (Å²) in [5, 5.41) is 3.68. The van der Waals surface area contributed by atoms with E-state index in [2.05, 4.69) is 26.1 Å². The number of hydrogen-bond donors (Lipinski definition) is 2. The van der Waals surface area contributed by atoms with Gasteiger partial charge >= 0.3 is 0 Å². The highest BCUT2D eigenvalue weighted by molar-refractivity contribution is 4.87. The molecule has 1 aliphatic rings. The van der Waals surface area contributed by atoms with Gasteiger partial charge in [0.25, 0.3) is 0 Å². The van der Waals surface area contributed by atoms with Crippen LogP contribution in [0.4, 0.5) is 0 Å². The zero-order valence-corrected chi connectivity index (χ0v) is 12.1. The van der Waals surface area contributed by atoms with Gasteiger partial charge in [0.1, 0.15) is 0 Å². The molecule has 0 aromatic rings. The third kappa shape index (κ3) is 5.39. The van der Waals surface area contributed by atoms with Gasteiger partial charge in [0.05, 0.1) is 0 Å². The molecule has 1 rings (SSSR count). The SMILES string of the molecule is CC(C)CC1(CNCCC(C)CN)CCCC1. The molecule has 0 spiro atoms. The summed E-state index contributed by atoms with van der Waals surface area (Å²) in [6, 6.07) is 0. The molecule has 3 N–H and O–H groups in total. The molecule has 0 radical (unpaired) electrons. The zero-order chi connectivity index (χ0) is 12.7. The summed E-state index contributed by atoms with van der Waals surface area (Å²) in [6.07, 6.45) is 8.36. The van der Waals surface area contributed by atoms with Gasteiger partial charge in [-0.2, -0.15) is 0 Å². The Bertz CT molecular complexity index is 195. The first kappa shape index (κ1) is 15.0. The Kier molecular flexibility index (Phi) is 6.50. The summed E-state index contributed by atoms with van der Waals surface area (Å²) in [7, 11) is 0. The largest absolute Gasteiger partial charge is 0.330 e. The van der Waals surface area contributed by atoms with Gasteiger partial charge in [0.2, 0.25) is 0 Å². The van der Waals surface area contributed by atoms with Gasteiger partial charge in [0.15, 0.2) is 0 Å². The monoisotopic (exact) mass is 240 g/mol. The van der Waals surface area contributed by atoms with Gasteiger partial charge in [-0.3, -0.25) is 0 Å². The van der Waals surface area contributed by atoms with Crippen LogP contribution >= 0.6 is 0 Å². The van der Waals surface area contributed by atoms with Crippen molar-refractivity contribution >= 4 is 0 Å². The van der Waals surface area contributed by atoms with Crippen molar-refractivity contribution in [2.75, 3.05) is 19.6 Å². The molecule has 1 unspecified atom stereocenters. The lowest BCUT2D eigenvalue weighted by molar-refractivity contribution is 0.223. The van der Waals surface area contributed by atoms with Crippen LogP contribution in [0.5, 0.6) is 0 Å². The van der Waals surface area contributed by atoms with Crippen molar-refractivity contribution in [3.05, 3.63) is 0 Å². The van der Waals surface area contributed by atoms with E-state index in [1.54, 1.807) is 0 Å². The molecule has 1 aliphatic carbocycles. The van der Waals surface area contributed by atoms with E-state index in [9.17, 15) is 0 Å². The average molecular weight is 240 g/mol. The molecule has 0 aromatic carbocycles. The van der Waals surface area contributed by atoms with Gasteiger partial charge in [-0.1, -0.05) is 33.6 Å². The van der Waals surface area contributed by atoms with Crippen molar-refractivity contribution in [1.82, 2.24) is 5.32 Å². The normalized spacial score (nSPS) is 21.0. The summed E-state index contributed by atoms with van der Waals surface area (Å²) in [6.45, 7) is 10.1. The topological polar surface area (TPSA) is 38.0 Å². The second-order valence-corrected chi connectivity index (χ2v) is 6.61. The van der Waals surface area contributed by atoms with Crippen molar-refractivity contribution in [2.45, 2.75) is 59.3 Å². The minimum Gasteiger partial charge on any atom is -0.330 e. The molecule has 0 amide bonds. The third-order valence-electron chi connectivity index (χ3n) is 4.22. The minimum atomic E-state index is 0.611. The number of nitrogens with two attached hydrogens (primary N) is 1. The highest BCUT2D eigenvalue weighted by Gasteiger charge is 2.33. The van der Waals surface area contributed by atoms with E-state index in [0.29, 0.717) is 11.3 Å². The summed E-state index contributed by atoms with van der Waals surface area (Å²) in [4.78, 5) is 0. The Balaban J connectivity index is 2.25. The second-order valence-electron chi connectivity index (χ2n) is 6.61. The fraction of sp³-hybridized carbons (Fsp3) is 1.00. The number of hydrogen-bond acceptors (Lipinski definition) is 2. The molecule has 1 fully saturated rings. The standard InChI is InChI=1S/C15H32N2/c1-13(2)10-15(7-4-5-8-15)12-17-9-6-14(3)11-16/h13-14,17H,4-12,16H2,1-3H3. The number of rotatable bonds is 8. The van der Waals surface area contributed by atoms with Crippen LogP contribution in [0.15, 0.2) is 0 Å². The first-order chi connectivity index (χ1) is 8.08. The fourth-order valence-corrected chi connectivity index (χ4v) is 3.26. The van der Waals surface area contributed by atoms with Crippen LogP contribution in [0.25, 0.3) is 0 Å². The van der Waals surface area contributed by atoms with Crippen molar-refractivity contribution in [2.24, 2.45) is 23.0 Å². The molecule has 1 saturated carbocycles. The zero-order valence-electron chi connectivity index (χ0n) is 12.1. The lowest BCUT2D eigenvalue weighted by Crippen LogP contribution is -2.34. The van der Waals surface area contributed by atoms with Crippen LogP contribution in [0, 0.1) is 17.3 Å². The van der Waals surface area contributed by atoms with Crippen LogP contribution in [0.3, 0.4) is 0 Å². The van der Waals surface area contributed by atoms with Gasteiger partial charge in [-0.25, -0.2) is 0 Å². The van der Waals surface area contributed by atoms with E-state index in [1.165, 1.54) is 45.1 Å². The molecule has 0 heterocycles. The minimum absolute atomic E-state index is 0.611. The first-order valence-electron chi connectivity index (χ1n) is 7.49. The van der Waals surface area contributed by atoms with Gasteiger partial charge < -0.3 is 11.1 Å². The molecule has 1 atom stereocenters. The lowest BCUT2D eigenvalue weighted by atomic mass is 9.78. The van der Waals surface area contributed by atoms with Gasteiger partial charge in [-0.15, -0.1) is 0 Å². The molecule has 17 heavy (non-hydrogen) atoms. The predicted molar refractivity (Wildman–Crippen MR) is 76.1 cm³/mol. The Hall–Kier alpha value is -0.0800. The van der Waals surface area contributed by atoms with Crippen molar-refractivity contribution in [3.8, 4) is 0 Å². The Morgan fingerprint density at radius 2 is 1.82 bits per heavy atom. The van der Waals surface area contributed by atoms with Crippen molar-refractivity contribution in [3.63, 3.8) is 0 Å². The first-order valence-corrected chi connectivity index (χ1v) is 7.49. The summed E-state index contributed by atoms with van der Waals surface area (Å²) in [5.74, 6) is 1.49. The Morgan fingerprint density at radius 3 is 2.35 bits per heavy atom. The molecule has 102 valence electrons. The van der Waals surface area contributed by atoms with E-state index in [1.807, 2.05) is 0 Å². The third-order valence-corrected chi connectivity index (χ3v) is 4.22. The maximum atomic E-state index is 5.64. The molecule has 0 saturated heterocycles. The van der Waals surface area contributed by atoms with Crippen molar-refractivity contribution < 1.29 is 0 Å². The van der Waals surface area contributed by atoms with Crippen LogP contribution in [-0.4, -0.2) is 19.6 Å². The molecule has 0 aromatic heterocycles. The summed E-state index contributed by atoms with van der Waals surface area (Å²) < 4.78 is 0. The van der Waals surface area contributed by atoms with Crippen LogP contribution in [-0.2, 0) is 0 Å². The summed E-state index contributed by atoms with van der Waals surface area (Å²) >= 11 is 0. The molecule has 2 heteroatoms. The molecule has 0 bridgehead atoms. The molecular formula is C15H32N2. The number of nitrogens with one attached hydrogen (secondary N) is 1. The Labute approximate surface area is 108 Å². The van der Waals surface area contributed by atoms with E-state index < -0.39 is 0 Å². The van der Waals surface area contributed by atoms with E-state index in [4.69, 9.17) is 5.73 Å². The van der Waals surface area contributed by atoms with Gasteiger partial charge in [-0.05, 0) is 56.0 Å². The van der Waals surface area contributed by atoms with Crippen LogP contribution < -0.4 is 11.1 Å². The predicted octanol–water partition coefficient (Wildman–Crippen LogP) is 3.17. The lowest BCUT2D eigenvalue weighted by Gasteiger charge is -2.31. The molecular weight excluding hydrogens is 208 g/mol. The quantitative estimate of drug-likeness (QED) is 0.640. The second kappa shape index (κ2) is 7.38. The molecule has 2 nitrogen and oxygen atoms in total. The molecule has 0 aliphatic heterocycles. The average Bonchev–Trinajstić information content (AvgIpc) is 2.72. The van der Waals surface area contributed by atoms with Crippen LogP contribution in [0.2, 0.25) is 0 Å². The maximum Gasteiger partial charge on any atom is 0.000791 e. The fourth-order valence-electron chi connectivity index (χ4n) is 3.26. The van der Waals surface area contributed by atoms with E-state index >= 15 is 0 Å². The van der Waals surface area contributed by atoms with Crippen molar-refractivity contribution in [1.29, 1.82) is 0 Å². The van der Waals surface area contributed by atoms with E-state index in [-0.39, 0.29) is 0 Å². The Morgan fingerprint density at radius 1 is 1.18 bits per heavy atom. The highest BCUT2D eigenvalue weighted by Crippen LogP contribution is 2.42. The maximum absolute atomic E-state index is 5.64.